The molecule has 0 spiro atoms. The van der Waals surface area contributed by atoms with Crippen LogP contribution in [0.5, 0.6) is 5.75 Å². The van der Waals surface area contributed by atoms with Gasteiger partial charge in [0.1, 0.15) is 17.5 Å². The zero-order valence-corrected chi connectivity index (χ0v) is 15.3. The van der Waals surface area contributed by atoms with E-state index in [-0.39, 0.29) is 5.91 Å². The van der Waals surface area contributed by atoms with Crippen molar-refractivity contribution in [1.29, 1.82) is 0 Å². The van der Waals surface area contributed by atoms with Crippen LogP contribution in [-0.4, -0.2) is 64.8 Å². The number of aromatic nitrogens is 2. The summed E-state index contributed by atoms with van der Waals surface area (Å²) < 4.78 is 5.96. The van der Waals surface area contributed by atoms with Crippen molar-refractivity contribution >= 4 is 11.9 Å². The van der Waals surface area contributed by atoms with Crippen LogP contribution < -0.4 is 9.64 Å². The van der Waals surface area contributed by atoms with Crippen molar-refractivity contribution in [2.45, 2.75) is 25.0 Å². The molecule has 1 aliphatic heterocycles. The molecule has 0 radical (unpaired) electrons. The molecule has 1 amide bonds. The van der Waals surface area contributed by atoms with Crippen LogP contribution in [0.1, 0.15) is 23.7 Å². The predicted octanol–water partition coefficient (Wildman–Crippen LogP) is 1.59. The fourth-order valence-corrected chi connectivity index (χ4v) is 2.87. The first-order valence-electron chi connectivity index (χ1n) is 8.59. The Morgan fingerprint density at radius 3 is 2.54 bits per heavy atom. The van der Waals surface area contributed by atoms with Crippen LogP contribution in [0.4, 0.5) is 5.95 Å². The predicted molar refractivity (Wildman–Crippen MR) is 98.4 cm³/mol. The number of para-hydroxylation sites is 1. The highest BCUT2D eigenvalue weighted by Crippen LogP contribution is 2.27. The Morgan fingerprint density at radius 1 is 1.27 bits per heavy atom. The molecule has 0 unspecified atom stereocenters. The lowest BCUT2D eigenvalue weighted by atomic mass is 9.90. The molecule has 1 saturated heterocycles. The molecular formula is C19H24N4O3. The van der Waals surface area contributed by atoms with Gasteiger partial charge in [-0.25, -0.2) is 9.97 Å². The Morgan fingerprint density at radius 2 is 1.92 bits per heavy atom. The van der Waals surface area contributed by atoms with E-state index in [9.17, 15) is 9.90 Å². The number of hydrogen-bond donors (Lipinski definition) is 1. The van der Waals surface area contributed by atoms with Crippen molar-refractivity contribution in [3.8, 4) is 5.75 Å². The second-order valence-electron chi connectivity index (χ2n) is 6.94. The molecule has 7 nitrogen and oxygen atoms in total. The highest BCUT2D eigenvalue weighted by atomic mass is 16.5. The van der Waals surface area contributed by atoms with Crippen LogP contribution in [-0.2, 0) is 0 Å². The van der Waals surface area contributed by atoms with Crippen LogP contribution in [0.25, 0.3) is 0 Å². The monoisotopic (exact) mass is 356 g/mol. The Kier molecular flexibility index (Phi) is 5.08. The maximum absolute atomic E-state index is 12.8. The Hall–Kier alpha value is -2.67. The molecule has 0 saturated carbocycles. The molecule has 3 rings (SSSR count). The van der Waals surface area contributed by atoms with Gasteiger partial charge in [0.25, 0.3) is 5.91 Å². The number of ether oxygens (including phenoxy) is 1. The van der Waals surface area contributed by atoms with Crippen molar-refractivity contribution in [2.75, 3.05) is 32.1 Å². The van der Waals surface area contributed by atoms with Gasteiger partial charge < -0.3 is 19.6 Å². The topological polar surface area (TPSA) is 78.8 Å². The fourth-order valence-electron chi connectivity index (χ4n) is 2.87. The summed E-state index contributed by atoms with van der Waals surface area (Å²) in [4.78, 5) is 24.6. The molecule has 2 aromatic rings. The molecule has 1 aliphatic rings. The molecule has 0 aliphatic carbocycles. The van der Waals surface area contributed by atoms with Gasteiger partial charge in [0.15, 0.2) is 0 Å². The van der Waals surface area contributed by atoms with Gasteiger partial charge >= 0.3 is 0 Å². The molecule has 26 heavy (non-hydrogen) atoms. The van der Waals surface area contributed by atoms with Crippen LogP contribution >= 0.6 is 0 Å². The van der Waals surface area contributed by atoms with Crippen molar-refractivity contribution < 1.29 is 14.6 Å². The van der Waals surface area contributed by atoms with Crippen LogP contribution in [0.3, 0.4) is 0 Å². The minimum atomic E-state index is -1.00. The van der Waals surface area contributed by atoms with E-state index in [0.29, 0.717) is 36.8 Å². The number of nitrogens with zero attached hydrogens (tertiary/aromatic N) is 4. The third-order valence-electron chi connectivity index (χ3n) is 4.56. The maximum atomic E-state index is 12.8. The van der Waals surface area contributed by atoms with Crippen molar-refractivity contribution in [1.82, 2.24) is 14.9 Å². The van der Waals surface area contributed by atoms with Crippen molar-refractivity contribution in [2.24, 2.45) is 0 Å². The number of piperidine rings is 1. The zero-order valence-electron chi connectivity index (χ0n) is 15.3. The number of anilines is 1. The summed E-state index contributed by atoms with van der Waals surface area (Å²) in [6.45, 7) is 2.50. The number of benzene rings is 1. The average Bonchev–Trinajstić information content (AvgIpc) is 2.64. The molecule has 1 aromatic heterocycles. The minimum absolute atomic E-state index is 0.160. The Bertz CT molecular complexity index is 747. The standard InChI is InChI=1S/C19H24N4O3/c1-19(25)9-10-23(13-16(19)26-15-7-5-4-6-8-15)17(24)14-11-20-18(21-12-14)22(2)3/h4-8,11-12,16,25H,9-10,13H2,1-3H3/t16-,19-/m1/s1. The van der Waals surface area contributed by atoms with E-state index >= 15 is 0 Å². The molecule has 2 heterocycles. The summed E-state index contributed by atoms with van der Waals surface area (Å²) in [5.74, 6) is 1.06. The van der Waals surface area contributed by atoms with Gasteiger partial charge in [-0.2, -0.15) is 0 Å². The molecule has 1 aromatic carbocycles. The summed E-state index contributed by atoms with van der Waals surface area (Å²) in [5, 5.41) is 10.7. The molecule has 138 valence electrons. The second-order valence-corrected chi connectivity index (χ2v) is 6.94. The number of carbonyl (C=O) groups excluding carboxylic acids is 1. The van der Waals surface area contributed by atoms with E-state index in [1.54, 1.807) is 16.7 Å². The highest BCUT2D eigenvalue weighted by molar-refractivity contribution is 5.93. The molecule has 0 bridgehead atoms. The molecule has 1 fully saturated rings. The summed E-state index contributed by atoms with van der Waals surface area (Å²) in [5.41, 5.74) is -0.576. The normalized spacial score (nSPS) is 22.8. The first kappa shape index (κ1) is 18.1. The average molecular weight is 356 g/mol. The third kappa shape index (κ3) is 3.94. The fraction of sp³-hybridized carbons (Fsp3) is 0.421. The zero-order chi connectivity index (χ0) is 18.7. The number of hydrogen-bond acceptors (Lipinski definition) is 6. The molecule has 1 N–H and O–H groups in total. The number of amides is 1. The van der Waals surface area contributed by atoms with Gasteiger partial charge in [-0.15, -0.1) is 0 Å². The van der Waals surface area contributed by atoms with Gasteiger partial charge in [-0.3, -0.25) is 4.79 Å². The lowest BCUT2D eigenvalue weighted by molar-refractivity contribution is -0.0881. The van der Waals surface area contributed by atoms with Crippen LogP contribution in [0.2, 0.25) is 0 Å². The summed E-state index contributed by atoms with van der Waals surface area (Å²) in [6.07, 6.45) is 2.99. The van der Waals surface area contributed by atoms with Gasteiger partial charge in [0.05, 0.1) is 12.1 Å². The smallest absolute Gasteiger partial charge is 0.257 e. The minimum Gasteiger partial charge on any atom is -0.486 e. The number of aliphatic hydroxyl groups is 1. The van der Waals surface area contributed by atoms with Gasteiger partial charge in [0, 0.05) is 33.0 Å². The van der Waals surface area contributed by atoms with Gasteiger partial charge in [-0.05, 0) is 25.5 Å². The molecule has 7 heteroatoms. The highest BCUT2D eigenvalue weighted by Gasteiger charge is 2.41. The van der Waals surface area contributed by atoms with Crippen LogP contribution in [0, 0.1) is 0 Å². The van der Waals surface area contributed by atoms with Crippen LogP contribution in [0.15, 0.2) is 42.7 Å². The third-order valence-corrected chi connectivity index (χ3v) is 4.56. The quantitative estimate of drug-likeness (QED) is 0.896. The first-order valence-corrected chi connectivity index (χ1v) is 8.59. The second kappa shape index (κ2) is 7.29. The SMILES string of the molecule is CN(C)c1ncc(C(=O)N2CC[C@@](C)(O)[C@H](Oc3ccccc3)C2)cn1. The lowest BCUT2D eigenvalue weighted by Gasteiger charge is -2.42. The van der Waals surface area contributed by atoms with E-state index < -0.39 is 11.7 Å². The summed E-state index contributed by atoms with van der Waals surface area (Å²) in [7, 11) is 3.68. The number of likely N-dealkylation sites (tertiary alicyclic amines) is 1. The van der Waals surface area contributed by atoms with Gasteiger partial charge in [0.2, 0.25) is 5.95 Å². The number of rotatable bonds is 4. The largest absolute Gasteiger partial charge is 0.486 e. The summed E-state index contributed by atoms with van der Waals surface area (Å²) in [6, 6.07) is 9.33. The Balaban J connectivity index is 1.73. The first-order chi connectivity index (χ1) is 12.4. The van der Waals surface area contributed by atoms with E-state index in [1.165, 1.54) is 12.4 Å². The van der Waals surface area contributed by atoms with E-state index in [2.05, 4.69) is 9.97 Å². The van der Waals surface area contributed by atoms with E-state index in [1.807, 2.05) is 44.4 Å². The maximum Gasteiger partial charge on any atom is 0.257 e. The van der Waals surface area contributed by atoms with E-state index in [4.69, 9.17) is 4.74 Å². The summed E-state index contributed by atoms with van der Waals surface area (Å²) >= 11 is 0. The van der Waals surface area contributed by atoms with Crippen molar-refractivity contribution in [3.63, 3.8) is 0 Å². The van der Waals surface area contributed by atoms with Gasteiger partial charge in [-0.1, -0.05) is 18.2 Å². The Labute approximate surface area is 153 Å². The lowest BCUT2D eigenvalue weighted by Crippen LogP contribution is -2.57. The molecule has 2 atom stereocenters. The molecular weight excluding hydrogens is 332 g/mol. The van der Waals surface area contributed by atoms with E-state index in [0.717, 1.165) is 0 Å². The van der Waals surface area contributed by atoms with Crippen molar-refractivity contribution in [3.05, 3.63) is 48.3 Å². The number of carbonyl (C=O) groups is 1.